The molecule has 0 aliphatic carbocycles. The normalized spacial score (nSPS) is 11.3. The molecule has 1 aromatic carbocycles. The van der Waals surface area contributed by atoms with Crippen LogP contribution >= 0.6 is 0 Å². The molecule has 1 aromatic heterocycles. The Balaban J connectivity index is 2.50. The summed E-state index contributed by atoms with van der Waals surface area (Å²) in [7, 11) is -4.43. The number of sulfonamides is 1. The summed E-state index contributed by atoms with van der Waals surface area (Å²) >= 11 is 0. The molecule has 20 heavy (non-hydrogen) atoms. The molecule has 1 heterocycles. The molecular formula is C9H7FN4O5S. The predicted molar refractivity (Wildman–Crippen MR) is 62.9 cm³/mol. The van der Waals surface area contributed by atoms with Gasteiger partial charge in [-0.3, -0.25) is 10.1 Å². The smallest absolute Gasteiger partial charge is 0.314 e. The van der Waals surface area contributed by atoms with E-state index in [4.69, 9.17) is 0 Å². The summed E-state index contributed by atoms with van der Waals surface area (Å²) in [6, 6.07) is 2.25. The number of nitro groups is 1. The maximum atomic E-state index is 13.4. The highest BCUT2D eigenvalue weighted by molar-refractivity contribution is 7.92. The van der Waals surface area contributed by atoms with Crippen molar-refractivity contribution in [3.8, 4) is 0 Å². The molecule has 106 valence electrons. The van der Waals surface area contributed by atoms with Crippen molar-refractivity contribution in [3.63, 3.8) is 0 Å². The van der Waals surface area contributed by atoms with E-state index in [1.807, 2.05) is 4.72 Å². The second-order valence-electron chi connectivity index (χ2n) is 3.60. The van der Waals surface area contributed by atoms with Gasteiger partial charge in [-0.25, -0.2) is 13.1 Å². The van der Waals surface area contributed by atoms with Crippen LogP contribution < -0.4 is 4.72 Å². The van der Waals surface area contributed by atoms with Crippen LogP contribution in [0.5, 0.6) is 0 Å². The Morgan fingerprint density at radius 1 is 1.45 bits per heavy atom. The molecule has 0 aliphatic heterocycles. The molecule has 11 heteroatoms. The Labute approximate surface area is 111 Å². The van der Waals surface area contributed by atoms with Crippen molar-refractivity contribution in [1.29, 1.82) is 0 Å². The summed E-state index contributed by atoms with van der Waals surface area (Å²) in [6.07, 6.45) is 0. The molecule has 2 rings (SSSR count). The van der Waals surface area contributed by atoms with Crippen molar-refractivity contribution in [2.45, 2.75) is 11.8 Å². The highest BCUT2D eigenvalue weighted by Crippen LogP contribution is 2.27. The molecule has 1 N–H and O–H groups in total. The third kappa shape index (κ3) is 2.56. The zero-order chi connectivity index (χ0) is 14.9. The fourth-order valence-electron chi connectivity index (χ4n) is 1.40. The van der Waals surface area contributed by atoms with Crippen molar-refractivity contribution >= 4 is 21.7 Å². The lowest BCUT2D eigenvalue weighted by Gasteiger charge is -2.05. The molecule has 0 atom stereocenters. The van der Waals surface area contributed by atoms with E-state index in [0.29, 0.717) is 0 Å². The zero-order valence-corrected chi connectivity index (χ0v) is 10.7. The van der Waals surface area contributed by atoms with Crippen molar-refractivity contribution in [3.05, 3.63) is 40.0 Å². The predicted octanol–water partition coefficient (Wildman–Crippen LogP) is 1.23. The van der Waals surface area contributed by atoms with E-state index in [9.17, 15) is 22.9 Å². The van der Waals surface area contributed by atoms with Gasteiger partial charge in [-0.1, -0.05) is 11.2 Å². The van der Waals surface area contributed by atoms with Crippen LogP contribution in [0.3, 0.4) is 0 Å². The standard InChI is InChI=1S/C9H7FN4O5S/c1-5-11-9(19-12-5)13-20(17,18)7-4-2-3-6(10)8(7)14(15)16/h2-4H,1H3,(H,11,12,13). The van der Waals surface area contributed by atoms with Crippen molar-refractivity contribution in [1.82, 2.24) is 10.1 Å². The first-order valence-electron chi connectivity index (χ1n) is 5.07. The minimum Gasteiger partial charge on any atom is -0.314 e. The van der Waals surface area contributed by atoms with Gasteiger partial charge in [-0.2, -0.15) is 9.37 Å². The zero-order valence-electron chi connectivity index (χ0n) is 9.90. The number of nitrogens with zero attached hydrogens (tertiary/aromatic N) is 3. The first-order chi connectivity index (χ1) is 9.31. The fraction of sp³-hybridized carbons (Fsp3) is 0.111. The van der Waals surface area contributed by atoms with Gasteiger partial charge < -0.3 is 4.52 Å². The molecule has 0 aliphatic rings. The average Bonchev–Trinajstić information content (AvgIpc) is 2.73. The molecule has 0 amide bonds. The molecule has 0 radical (unpaired) electrons. The number of nitro benzene ring substituents is 1. The van der Waals surface area contributed by atoms with E-state index < -0.39 is 37.4 Å². The van der Waals surface area contributed by atoms with E-state index in [1.165, 1.54) is 6.92 Å². The summed E-state index contributed by atoms with van der Waals surface area (Å²) in [4.78, 5) is 12.4. The molecule has 0 unspecified atom stereocenters. The number of aromatic nitrogens is 2. The van der Waals surface area contributed by atoms with Crippen LogP contribution in [0.2, 0.25) is 0 Å². The maximum absolute atomic E-state index is 13.4. The third-order valence-electron chi connectivity index (χ3n) is 2.17. The first kappa shape index (κ1) is 13.9. The largest absolute Gasteiger partial charge is 0.335 e. The molecule has 2 aromatic rings. The number of halogens is 1. The molecule has 0 spiro atoms. The highest BCUT2D eigenvalue weighted by atomic mass is 32.2. The van der Waals surface area contributed by atoms with Gasteiger partial charge in [0.2, 0.25) is 5.82 Å². The van der Waals surface area contributed by atoms with Gasteiger partial charge in [0.05, 0.1) is 4.92 Å². The van der Waals surface area contributed by atoms with Gasteiger partial charge in [0.25, 0.3) is 10.0 Å². The Hall–Kier alpha value is -2.56. The Morgan fingerprint density at radius 2 is 2.15 bits per heavy atom. The van der Waals surface area contributed by atoms with Gasteiger partial charge in [0.1, 0.15) is 0 Å². The summed E-state index contributed by atoms with van der Waals surface area (Å²) in [6.45, 7) is 1.45. The van der Waals surface area contributed by atoms with Crippen LogP contribution in [-0.2, 0) is 10.0 Å². The number of nitrogens with one attached hydrogen (secondary N) is 1. The van der Waals surface area contributed by atoms with E-state index >= 15 is 0 Å². The monoisotopic (exact) mass is 302 g/mol. The number of para-hydroxylation sites is 1. The molecular weight excluding hydrogens is 295 g/mol. The van der Waals surface area contributed by atoms with E-state index in [2.05, 4.69) is 14.7 Å². The minimum atomic E-state index is -4.43. The van der Waals surface area contributed by atoms with Gasteiger partial charge in [0.15, 0.2) is 10.7 Å². The SMILES string of the molecule is Cc1noc(NS(=O)(=O)c2cccc(F)c2[N+](=O)[O-])n1. The second-order valence-corrected chi connectivity index (χ2v) is 5.25. The Morgan fingerprint density at radius 3 is 2.70 bits per heavy atom. The van der Waals surface area contributed by atoms with E-state index in [-0.39, 0.29) is 5.82 Å². The molecule has 0 saturated heterocycles. The van der Waals surface area contributed by atoms with Crippen LogP contribution in [-0.4, -0.2) is 23.5 Å². The van der Waals surface area contributed by atoms with Crippen LogP contribution in [0.25, 0.3) is 0 Å². The summed E-state index contributed by atoms with van der Waals surface area (Å²) in [5.41, 5.74) is -1.16. The summed E-state index contributed by atoms with van der Waals surface area (Å²) < 4.78 is 43.7. The Kier molecular flexibility index (Phi) is 3.36. The number of aryl methyl sites for hydroxylation is 1. The number of benzene rings is 1. The van der Waals surface area contributed by atoms with Crippen molar-refractivity contribution in [2.24, 2.45) is 0 Å². The van der Waals surface area contributed by atoms with Gasteiger partial charge in [-0.05, 0) is 19.1 Å². The number of hydrogen-bond acceptors (Lipinski definition) is 7. The van der Waals surface area contributed by atoms with Gasteiger partial charge in [-0.15, -0.1) is 0 Å². The number of hydrogen-bond donors (Lipinski definition) is 1. The number of rotatable bonds is 4. The minimum absolute atomic E-state index is 0.163. The lowest BCUT2D eigenvalue weighted by molar-refractivity contribution is -0.390. The first-order valence-corrected chi connectivity index (χ1v) is 6.55. The van der Waals surface area contributed by atoms with Crippen LogP contribution in [0.15, 0.2) is 27.6 Å². The second kappa shape index (κ2) is 4.85. The van der Waals surface area contributed by atoms with Crippen LogP contribution in [0, 0.1) is 22.9 Å². The molecule has 0 saturated carbocycles. The lowest BCUT2D eigenvalue weighted by Crippen LogP contribution is -2.15. The van der Waals surface area contributed by atoms with Gasteiger partial charge >= 0.3 is 11.7 Å². The fourth-order valence-corrected chi connectivity index (χ4v) is 2.51. The Bertz CT molecular complexity index is 772. The van der Waals surface area contributed by atoms with Crippen molar-refractivity contribution < 1.29 is 22.3 Å². The third-order valence-corrected chi connectivity index (χ3v) is 3.52. The van der Waals surface area contributed by atoms with Crippen molar-refractivity contribution in [2.75, 3.05) is 4.72 Å². The lowest BCUT2D eigenvalue weighted by atomic mass is 10.3. The molecule has 0 bridgehead atoms. The van der Waals surface area contributed by atoms with E-state index in [1.54, 1.807) is 0 Å². The summed E-state index contributed by atoms with van der Waals surface area (Å²) in [5, 5.41) is 14.1. The highest BCUT2D eigenvalue weighted by Gasteiger charge is 2.30. The number of anilines is 1. The average molecular weight is 302 g/mol. The van der Waals surface area contributed by atoms with Crippen LogP contribution in [0.1, 0.15) is 5.82 Å². The summed E-state index contributed by atoms with van der Waals surface area (Å²) in [5.74, 6) is -1.10. The topological polar surface area (TPSA) is 128 Å². The van der Waals surface area contributed by atoms with Gasteiger partial charge in [0, 0.05) is 0 Å². The molecule has 9 nitrogen and oxygen atoms in total. The van der Waals surface area contributed by atoms with Crippen LogP contribution in [0.4, 0.5) is 16.1 Å². The molecule has 0 fully saturated rings. The van der Waals surface area contributed by atoms with E-state index in [0.717, 1.165) is 18.2 Å². The quantitative estimate of drug-likeness (QED) is 0.664. The maximum Gasteiger partial charge on any atom is 0.335 e.